The zero-order chi connectivity index (χ0) is 17.9. The van der Waals surface area contributed by atoms with Gasteiger partial charge in [0, 0.05) is 24.3 Å². The molecule has 2 aliphatic carbocycles. The zero-order valence-corrected chi connectivity index (χ0v) is 15.8. The Kier molecular flexibility index (Phi) is 5.55. The van der Waals surface area contributed by atoms with Crippen LogP contribution in [0.2, 0.25) is 0 Å². The lowest BCUT2D eigenvalue weighted by molar-refractivity contribution is 0.0491. The molecule has 0 bridgehead atoms. The summed E-state index contributed by atoms with van der Waals surface area (Å²) in [5.41, 5.74) is 0.910. The molecule has 2 saturated carbocycles. The summed E-state index contributed by atoms with van der Waals surface area (Å²) in [5, 5.41) is 3.05. The van der Waals surface area contributed by atoms with Gasteiger partial charge in [0.05, 0.1) is 0 Å². The lowest BCUT2D eigenvalue weighted by atomic mass is 9.89. The van der Waals surface area contributed by atoms with Gasteiger partial charge in [-0.15, -0.1) is 0 Å². The van der Waals surface area contributed by atoms with E-state index in [0.29, 0.717) is 6.04 Å². The molecule has 138 valence electrons. The second-order valence-corrected chi connectivity index (χ2v) is 8.58. The van der Waals surface area contributed by atoms with Gasteiger partial charge in [-0.3, -0.25) is 0 Å². The molecule has 2 fully saturated rings. The van der Waals surface area contributed by atoms with Crippen molar-refractivity contribution in [2.24, 2.45) is 5.92 Å². The van der Waals surface area contributed by atoms with Crippen LogP contribution in [0.15, 0.2) is 30.3 Å². The topological polar surface area (TPSA) is 41.6 Å². The minimum atomic E-state index is -0.435. The van der Waals surface area contributed by atoms with Crippen LogP contribution >= 0.6 is 0 Å². The number of carbonyl (C=O) groups is 1. The second kappa shape index (κ2) is 7.67. The standard InChI is InChI=1S/C21H32N2O2/c1-21(2,3)25-20(24)22-17-11-13-19(14-12-17)23(15-16-9-10-16)18-7-5-4-6-8-18/h4-8,16-17,19H,9-15H2,1-3H3,(H,22,24)/t17-,19-. The van der Waals surface area contributed by atoms with Gasteiger partial charge in [-0.25, -0.2) is 4.79 Å². The van der Waals surface area contributed by atoms with Crippen LogP contribution in [0, 0.1) is 5.92 Å². The van der Waals surface area contributed by atoms with Gasteiger partial charge in [0.1, 0.15) is 5.60 Å². The molecule has 4 heteroatoms. The maximum Gasteiger partial charge on any atom is 0.407 e. The smallest absolute Gasteiger partial charge is 0.407 e. The molecule has 0 heterocycles. The fourth-order valence-electron chi connectivity index (χ4n) is 3.67. The van der Waals surface area contributed by atoms with Crippen LogP contribution < -0.4 is 10.2 Å². The third kappa shape index (κ3) is 5.65. The van der Waals surface area contributed by atoms with Crippen LogP contribution in [0.3, 0.4) is 0 Å². The molecule has 1 aromatic rings. The largest absolute Gasteiger partial charge is 0.444 e. The van der Waals surface area contributed by atoms with Crippen molar-refractivity contribution in [1.82, 2.24) is 5.32 Å². The van der Waals surface area contributed by atoms with Gasteiger partial charge >= 0.3 is 6.09 Å². The number of benzene rings is 1. The molecular formula is C21H32N2O2. The lowest BCUT2D eigenvalue weighted by Crippen LogP contribution is -2.45. The quantitative estimate of drug-likeness (QED) is 0.839. The fourth-order valence-corrected chi connectivity index (χ4v) is 3.67. The van der Waals surface area contributed by atoms with Gasteiger partial charge in [-0.05, 0) is 77.3 Å². The van der Waals surface area contributed by atoms with Gasteiger partial charge in [0.2, 0.25) is 0 Å². The molecule has 1 aromatic carbocycles. The Balaban J connectivity index is 1.53. The molecule has 0 aliphatic heterocycles. The van der Waals surface area contributed by atoms with E-state index in [4.69, 9.17) is 4.74 Å². The average molecular weight is 344 g/mol. The van der Waals surface area contributed by atoms with Crippen molar-refractivity contribution in [3.8, 4) is 0 Å². The van der Waals surface area contributed by atoms with Crippen molar-refractivity contribution in [3.63, 3.8) is 0 Å². The third-order valence-electron chi connectivity index (χ3n) is 5.10. The molecule has 1 N–H and O–H groups in total. The molecule has 0 unspecified atom stereocenters. The van der Waals surface area contributed by atoms with Crippen LogP contribution in [0.4, 0.5) is 10.5 Å². The number of nitrogens with one attached hydrogen (secondary N) is 1. The van der Waals surface area contributed by atoms with Crippen LogP contribution in [0.1, 0.15) is 59.3 Å². The van der Waals surface area contributed by atoms with Gasteiger partial charge in [-0.1, -0.05) is 18.2 Å². The van der Waals surface area contributed by atoms with Crippen LogP contribution in [0.25, 0.3) is 0 Å². The van der Waals surface area contributed by atoms with Crippen molar-refractivity contribution in [1.29, 1.82) is 0 Å². The molecule has 0 aromatic heterocycles. The maximum atomic E-state index is 12.0. The van der Waals surface area contributed by atoms with E-state index < -0.39 is 5.60 Å². The van der Waals surface area contributed by atoms with Crippen molar-refractivity contribution >= 4 is 11.8 Å². The first-order chi connectivity index (χ1) is 11.9. The minimum Gasteiger partial charge on any atom is -0.444 e. The van der Waals surface area contributed by atoms with Crippen LogP contribution in [0.5, 0.6) is 0 Å². The molecule has 0 atom stereocenters. The van der Waals surface area contributed by atoms with Gasteiger partial charge < -0.3 is 15.0 Å². The van der Waals surface area contributed by atoms with Crippen molar-refractivity contribution in [2.45, 2.75) is 77.0 Å². The minimum absolute atomic E-state index is 0.240. The van der Waals surface area contributed by atoms with E-state index in [1.165, 1.54) is 25.1 Å². The van der Waals surface area contributed by atoms with Crippen molar-refractivity contribution < 1.29 is 9.53 Å². The first-order valence-corrected chi connectivity index (χ1v) is 9.72. The van der Waals surface area contributed by atoms with Gasteiger partial charge in [0.25, 0.3) is 0 Å². The summed E-state index contributed by atoms with van der Waals surface area (Å²) >= 11 is 0. The van der Waals surface area contributed by atoms with E-state index in [2.05, 4.69) is 40.5 Å². The molecule has 2 aliphatic rings. The highest BCUT2D eigenvalue weighted by molar-refractivity contribution is 5.68. The Hall–Kier alpha value is -1.71. The molecular weight excluding hydrogens is 312 g/mol. The highest BCUT2D eigenvalue weighted by atomic mass is 16.6. The van der Waals surface area contributed by atoms with E-state index >= 15 is 0 Å². The highest BCUT2D eigenvalue weighted by Crippen LogP contribution is 2.35. The number of para-hydroxylation sites is 1. The number of ether oxygens (including phenoxy) is 1. The zero-order valence-electron chi connectivity index (χ0n) is 15.8. The van der Waals surface area contributed by atoms with Gasteiger partial charge in [-0.2, -0.15) is 0 Å². The predicted molar refractivity (Wildman–Crippen MR) is 102 cm³/mol. The Labute approximate surface area is 151 Å². The summed E-state index contributed by atoms with van der Waals surface area (Å²) in [5.74, 6) is 0.873. The number of amides is 1. The number of rotatable bonds is 5. The Bertz CT molecular complexity index is 555. The summed E-state index contributed by atoms with van der Waals surface area (Å²) in [6, 6.07) is 11.6. The third-order valence-corrected chi connectivity index (χ3v) is 5.10. The molecule has 3 rings (SSSR count). The van der Waals surface area contributed by atoms with E-state index in [-0.39, 0.29) is 12.1 Å². The lowest BCUT2D eigenvalue weighted by Gasteiger charge is -2.39. The summed E-state index contributed by atoms with van der Waals surface area (Å²) in [6.45, 7) is 6.89. The number of carbonyl (C=O) groups excluding carboxylic acids is 1. The number of nitrogens with zero attached hydrogens (tertiary/aromatic N) is 1. The molecule has 25 heavy (non-hydrogen) atoms. The number of alkyl carbamates (subject to hydrolysis) is 1. The molecule has 0 radical (unpaired) electrons. The normalized spacial score (nSPS) is 23.8. The monoisotopic (exact) mass is 344 g/mol. The molecule has 0 saturated heterocycles. The first kappa shape index (κ1) is 18.1. The summed E-state index contributed by atoms with van der Waals surface area (Å²) in [6.07, 6.45) is 6.77. The Morgan fingerprint density at radius 2 is 1.72 bits per heavy atom. The van der Waals surface area contributed by atoms with Gasteiger partial charge in [0.15, 0.2) is 0 Å². The average Bonchev–Trinajstić information content (AvgIpc) is 3.37. The molecule has 4 nitrogen and oxygen atoms in total. The number of hydrogen-bond donors (Lipinski definition) is 1. The SMILES string of the molecule is CC(C)(C)OC(=O)N[C@H]1CC[C@H](N(CC2CC2)c2ccccc2)CC1. The van der Waals surface area contributed by atoms with E-state index in [9.17, 15) is 4.79 Å². The van der Waals surface area contributed by atoms with E-state index in [0.717, 1.165) is 31.6 Å². The van der Waals surface area contributed by atoms with Crippen molar-refractivity contribution in [3.05, 3.63) is 30.3 Å². The first-order valence-electron chi connectivity index (χ1n) is 9.72. The fraction of sp³-hybridized carbons (Fsp3) is 0.667. The summed E-state index contributed by atoms with van der Waals surface area (Å²) in [7, 11) is 0. The molecule has 0 spiro atoms. The van der Waals surface area contributed by atoms with E-state index in [1.54, 1.807) is 0 Å². The molecule has 1 amide bonds. The predicted octanol–water partition coefficient (Wildman–Crippen LogP) is 4.74. The maximum absolute atomic E-state index is 12.0. The van der Waals surface area contributed by atoms with Crippen LogP contribution in [-0.4, -0.2) is 30.3 Å². The summed E-state index contributed by atoms with van der Waals surface area (Å²) in [4.78, 5) is 14.6. The highest BCUT2D eigenvalue weighted by Gasteiger charge is 2.31. The van der Waals surface area contributed by atoms with Crippen LogP contribution in [-0.2, 0) is 4.74 Å². The second-order valence-electron chi connectivity index (χ2n) is 8.58. The Morgan fingerprint density at radius 3 is 2.28 bits per heavy atom. The summed E-state index contributed by atoms with van der Waals surface area (Å²) < 4.78 is 5.38. The number of anilines is 1. The van der Waals surface area contributed by atoms with E-state index in [1.807, 2.05) is 20.8 Å². The number of hydrogen-bond acceptors (Lipinski definition) is 3. The Morgan fingerprint density at radius 1 is 1.08 bits per heavy atom. The van der Waals surface area contributed by atoms with Crippen molar-refractivity contribution in [2.75, 3.05) is 11.4 Å².